The Morgan fingerprint density at radius 1 is 1.30 bits per heavy atom. The lowest BCUT2D eigenvalue weighted by atomic mass is 10.2. The van der Waals surface area contributed by atoms with Crippen molar-refractivity contribution < 1.29 is 26.9 Å². The normalized spacial score (nSPS) is 12.6. The van der Waals surface area contributed by atoms with Gasteiger partial charge >= 0.3 is 7.82 Å². The first-order chi connectivity index (χ1) is 9.45. The molecule has 1 aromatic rings. The monoisotopic (exact) mass is 326 g/mol. The zero-order chi connectivity index (χ0) is 15.2. The number of benzene rings is 1. The van der Waals surface area contributed by atoms with Crippen LogP contribution in [0.4, 0.5) is 8.78 Å². The average Bonchev–Trinajstić information content (AvgIpc) is 2.37. The lowest BCUT2D eigenvalue weighted by Crippen LogP contribution is -2.01. The van der Waals surface area contributed by atoms with Crippen LogP contribution in [0.2, 0.25) is 0 Å². The fraction of sp³-hybridized carbons (Fsp3) is 0.333. The zero-order valence-corrected chi connectivity index (χ0v) is 12.6. The summed E-state index contributed by atoms with van der Waals surface area (Å²) in [6.45, 7) is 3.33. The molecule has 0 aromatic heterocycles. The summed E-state index contributed by atoms with van der Waals surface area (Å²) in [4.78, 5) is 0. The first-order valence-electron chi connectivity index (χ1n) is 5.80. The minimum Gasteiger partial charge on any atom is -0.402 e. The topological polar surface area (TPSA) is 44.8 Å². The van der Waals surface area contributed by atoms with Crippen molar-refractivity contribution in [3.05, 3.63) is 40.9 Å². The second-order valence-corrected chi connectivity index (χ2v) is 5.28. The average molecular weight is 327 g/mol. The van der Waals surface area contributed by atoms with Crippen LogP contribution in [0.25, 0.3) is 5.76 Å². The van der Waals surface area contributed by atoms with E-state index in [1.807, 2.05) is 0 Å². The van der Waals surface area contributed by atoms with Gasteiger partial charge in [0.25, 0.3) is 0 Å². The Morgan fingerprint density at radius 3 is 2.35 bits per heavy atom. The van der Waals surface area contributed by atoms with Gasteiger partial charge in [-0.3, -0.25) is 9.05 Å². The van der Waals surface area contributed by atoms with Crippen molar-refractivity contribution in [1.29, 1.82) is 0 Å². The molecular weight excluding hydrogens is 313 g/mol. The van der Waals surface area contributed by atoms with Gasteiger partial charge in [-0.05, 0) is 26.0 Å². The third kappa shape index (κ3) is 4.56. The Balaban J connectivity index is 3.05. The van der Waals surface area contributed by atoms with E-state index in [1.54, 1.807) is 13.8 Å². The molecule has 0 aliphatic rings. The molecule has 0 spiro atoms. The highest BCUT2D eigenvalue weighted by Crippen LogP contribution is 2.53. The summed E-state index contributed by atoms with van der Waals surface area (Å²) < 4.78 is 53.5. The highest BCUT2D eigenvalue weighted by atomic mass is 35.5. The Labute approximate surface area is 120 Å². The number of rotatable bonds is 7. The van der Waals surface area contributed by atoms with Gasteiger partial charge in [-0.2, -0.15) is 0 Å². The summed E-state index contributed by atoms with van der Waals surface area (Å²) >= 11 is 5.54. The maximum Gasteiger partial charge on any atom is 0.530 e. The Kier molecular flexibility index (Phi) is 6.62. The lowest BCUT2D eigenvalue weighted by Gasteiger charge is -2.18. The van der Waals surface area contributed by atoms with E-state index in [0.29, 0.717) is 6.07 Å². The standard InChI is InChI=1S/C12H14ClF2O4P/c1-3-17-20(16,18-4-2)19-12(8-13)10-6-5-9(14)7-11(10)15/h5-8H,3-4H2,1-2H3. The molecule has 8 heteroatoms. The van der Waals surface area contributed by atoms with Gasteiger partial charge in [0.05, 0.1) is 18.8 Å². The van der Waals surface area contributed by atoms with E-state index in [9.17, 15) is 13.3 Å². The van der Waals surface area contributed by atoms with Crippen LogP contribution in [-0.2, 0) is 18.1 Å². The first-order valence-corrected chi connectivity index (χ1v) is 7.70. The quantitative estimate of drug-likeness (QED) is 0.538. The highest BCUT2D eigenvalue weighted by molar-refractivity contribution is 7.48. The molecule has 0 atom stereocenters. The van der Waals surface area contributed by atoms with Gasteiger partial charge in [0, 0.05) is 11.6 Å². The third-order valence-electron chi connectivity index (χ3n) is 2.08. The maximum absolute atomic E-state index is 13.6. The van der Waals surface area contributed by atoms with Crippen molar-refractivity contribution in [3.8, 4) is 0 Å². The molecule has 0 N–H and O–H groups in total. The minimum absolute atomic E-state index is 0.0682. The molecule has 1 aromatic carbocycles. The van der Waals surface area contributed by atoms with Crippen LogP contribution < -0.4 is 0 Å². The fourth-order valence-corrected chi connectivity index (χ4v) is 2.77. The number of halogens is 3. The van der Waals surface area contributed by atoms with E-state index >= 15 is 0 Å². The molecule has 0 aliphatic carbocycles. The number of phosphoric acid groups is 1. The molecule has 0 bridgehead atoms. The van der Waals surface area contributed by atoms with E-state index in [1.165, 1.54) is 0 Å². The predicted molar refractivity (Wildman–Crippen MR) is 72.1 cm³/mol. The van der Waals surface area contributed by atoms with E-state index in [2.05, 4.69) is 0 Å². The van der Waals surface area contributed by atoms with Crippen molar-refractivity contribution in [2.75, 3.05) is 13.2 Å². The van der Waals surface area contributed by atoms with E-state index in [4.69, 9.17) is 25.2 Å². The van der Waals surface area contributed by atoms with Crippen LogP contribution in [0.5, 0.6) is 0 Å². The third-order valence-corrected chi connectivity index (χ3v) is 3.85. The molecule has 0 fully saturated rings. The summed E-state index contributed by atoms with van der Waals surface area (Å²) in [5.41, 5.74) is 0.724. The van der Waals surface area contributed by atoms with Gasteiger partial charge in [0.15, 0.2) is 5.76 Å². The minimum atomic E-state index is -3.90. The molecule has 1 rings (SSSR count). The molecule has 0 aliphatic heterocycles. The second kappa shape index (κ2) is 7.74. The molecule has 0 saturated carbocycles. The van der Waals surface area contributed by atoms with Crippen LogP contribution >= 0.6 is 19.4 Å². The summed E-state index contributed by atoms with van der Waals surface area (Å²) in [5, 5.41) is 0. The van der Waals surface area contributed by atoms with Crippen LogP contribution in [0, 0.1) is 11.6 Å². The van der Waals surface area contributed by atoms with Crippen molar-refractivity contribution in [2.24, 2.45) is 0 Å². The Bertz CT molecular complexity index is 526. The molecule has 20 heavy (non-hydrogen) atoms. The highest BCUT2D eigenvalue weighted by Gasteiger charge is 2.29. The smallest absolute Gasteiger partial charge is 0.402 e. The molecule has 0 radical (unpaired) electrons. The molecule has 0 heterocycles. The first kappa shape index (κ1) is 17.1. The van der Waals surface area contributed by atoms with Gasteiger partial charge in [-0.15, -0.1) is 0 Å². The van der Waals surface area contributed by atoms with E-state index in [0.717, 1.165) is 17.7 Å². The van der Waals surface area contributed by atoms with Gasteiger partial charge in [0.1, 0.15) is 11.6 Å². The number of phosphoric ester groups is 1. The van der Waals surface area contributed by atoms with Crippen LogP contribution in [0.1, 0.15) is 19.4 Å². The van der Waals surface area contributed by atoms with Gasteiger partial charge in [-0.1, -0.05) is 11.6 Å². The maximum atomic E-state index is 13.6. The molecular formula is C12H14ClF2O4P. The zero-order valence-electron chi connectivity index (χ0n) is 10.9. The Hall–Kier alpha value is -0.940. The molecule has 4 nitrogen and oxygen atoms in total. The van der Waals surface area contributed by atoms with Crippen LogP contribution in [-0.4, -0.2) is 13.2 Å². The number of hydrogen-bond donors (Lipinski definition) is 0. The fourth-order valence-electron chi connectivity index (χ4n) is 1.34. The largest absolute Gasteiger partial charge is 0.530 e. The van der Waals surface area contributed by atoms with Crippen molar-refractivity contribution >= 4 is 25.2 Å². The summed E-state index contributed by atoms with van der Waals surface area (Å²) in [5.74, 6) is -1.93. The van der Waals surface area contributed by atoms with Gasteiger partial charge in [-0.25, -0.2) is 13.3 Å². The SMILES string of the molecule is CCOP(=O)(OCC)OC(=CCl)c1ccc(F)cc1F. The van der Waals surface area contributed by atoms with Crippen molar-refractivity contribution in [1.82, 2.24) is 0 Å². The molecule has 112 valence electrons. The predicted octanol–water partition coefficient (Wildman–Crippen LogP) is 4.70. The molecule has 0 unspecified atom stereocenters. The lowest BCUT2D eigenvalue weighted by molar-refractivity contribution is 0.159. The molecule has 0 saturated heterocycles. The van der Waals surface area contributed by atoms with E-state index in [-0.39, 0.29) is 24.5 Å². The van der Waals surface area contributed by atoms with E-state index < -0.39 is 19.5 Å². The summed E-state index contributed by atoms with van der Waals surface area (Å²) in [6, 6.07) is 2.79. The molecule has 0 amide bonds. The van der Waals surface area contributed by atoms with Crippen LogP contribution in [0.15, 0.2) is 23.7 Å². The van der Waals surface area contributed by atoms with Crippen molar-refractivity contribution in [3.63, 3.8) is 0 Å². The van der Waals surface area contributed by atoms with Gasteiger partial charge in [0.2, 0.25) is 0 Å². The summed E-state index contributed by atoms with van der Waals surface area (Å²) in [6.07, 6.45) is 0. The summed E-state index contributed by atoms with van der Waals surface area (Å²) in [7, 11) is -3.90. The number of hydrogen-bond acceptors (Lipinski definition) is 4. The Morgan fingerprint density at radius 2 is 1.90 bits per heavy atom. The van der Waals surface area contributed by atoms with Gasteiger partial charge < -0.3 is 4.52 Å². The van der Waals surface area contributed by atoms with Crippen LogP contribution in [0.3, 0.4) is 0 Å². The van der Waals surface area contributed by atoms with Crippen molar-refractivity contribution in [2.45, 2.75) is 13.8 Å². The second-order valence-electron chi connectivity index (χ2n) is 3.47.